The number of rotatable bonds is 7. The molecular formula is C26H37ClN4O2. The van der Waals surface area contributed by atoms with E-state index < -0.39 is 0 Å². The van der Waals surface area contributed by atoms with Crippen LogP contribution in [0.25, 0.3) is 0 Å². The van der Waals surface area contributed by atoms with E-state index in [0.29, 0.717) is 28.2 Å². The highest BCUT2D eigenvalue weighted by atomic mass is 35.5. The fourth-order valence-electron chi connectivity index (χ4n) is 5.07. The summed E-state index contributed by atoms with van der Waals surface area (Å²) in [5.74, 6) is -0.219. The van der Waals surface area contributed by atoms with Gasteiger partial charge in [0, 0.05) is 64.5 Å². The third kappa shape index (κ3) is 5.79. The number of aromatic amines is 1. The van der Waals surface area contributed by atoms with Crippen molar-refractivity contribution in [2.45, 2.75) is 72.0 Å². The SMILES string of the molecule is CCN(c1cc(Cl)cc(C(=O)NCc2c(C)[nH]c(C)cc2=O)c1C)C1CCC(N(C)C)CC1. The molecule has 1 amide bonds. The molecule has 1 aliphatic rings. The van der Waals surface area contributed by atoms with Gasteiger partial charge in [-0.3, -0.25) is 9.59 Å². The van der Waals surface area contributed by atoms with Crippen LogP contribution in [0.5, 0.6) is 0 Å². The second kappa shape index (κ2) is 10.7. The van der Waals surface area contributed by atoms with E-state index in [1.54, 1.807) is 12.1 Å². The first kappa shape index (κ1) is 25.3. The molecule has 0 atom stereocenters. The van der Waals surface area contributed by atoms with Crippen LogP contribution in [0.1, 0.15) is 65.5 Å². The van der Waals surface area contributed by atoms with E-state index in [1.165, 1.54) is 12.8 Å². The zero-order valence-corrected chi connectivity index (χ0v) is 21.5. The Kier molecular flexibility index (Phi) is 8.24. The van der Waals surface area contributed by atoms with Gasteiger partial charge >= 0.3 is 0 Å². The highest BCUT2D eigenvalue weighted by Gasteiger charge is 2.28. The van der Waals surface area contributed by atoms with Gasteiger partial charge in [0.05, 0.1) is 0 Å². The Morgan fingerprint density at radius 3 is 2.30 bits per heavy atom. The Morgan fingerprint density at radius 2 is 1.73 bits per heavy atom. The minimum absolute atomic E-state index is 0.0713. The number of pyridine rings is 1. The Hall–Kier alpha value is -2.31. The molecule has 1 fully saturated rings. The highest BCUT2D eigenvalue weighted by molar-refractivity contribution is 6.31. The number of H-pyrrole nitrogens is 1. The summed E-state index contributed by atoms with van der Waals surface area (Å²) in [5.41, 5.74) is 4.58. The fraction of sp³-hybridized carbons (Fsp3) is 0.538. The molecular weight excluding hydrogens is 436 g/mol. The number of benzene rings is 1. The summed E-state index contributed by atoms with van der Waals surface area (Å²) in [6.45, 7) is 8.87. The minimum Gasteiger partial charge on any atom is -0.369 e. The lowest BCUT2D eigenvalue weighted by Gasteiger charge is -2.40. The maximum absolute atomic E-state index is 13.1. The number of anilines is 1. The summed E-state index contributed by atoms with van der Waals surface area (Å²) in [4.78, 5) is 33.4. The fourth-order valence-corrected chi connectivity index (χ4v) is 5.28. The first-order chi connectivity index (χ1) is 15.6. The quantitative estimate of drug-likeness (QED) is 0.618. The van der Waals surface area contributed by atoms with Gasteiger partial charge in [-0.2, -0.15) is 0 Å². The molecule has 0 spiro atoms. The molecule has 6 nitrogen and oxygen atoms in total. The van der Waals surface area contributed by atoms with Crippen molar-refractivity contribution in [2.75, 3.05) is 25.5 Å². The Balaban J connectivity index is 1.81. The van der Waals surface area contributed by atoms with E-state index in [1.807, 2.05) is 26.8 Å². The monoisotopic (exact) mass is 472 g/mol. The first-order valence-corrected chi connectivity index (χ1v) is 12.2. The maximum Gasteiger partial charge on any atom is 0.251 e. The molecule has 1 saturated carbocycles. The lowest BCUT2D eigenvalue weighted by atomic mass is 9.89. The van der Waals surface area contributed by atoms with Crippen LogP contribution in [-0.2, 0) is 6.54 Å². The summed E-state index contributed by atoms with van der Waals surface area (Å²) in [5, 5.41) is 3.47. The molecule has 0 unspecified atom stereocenters. The van der Waals surface area contributed by atoms with Crippen molar-refractivity contribution in [1.82, 2.24) is 15.2 Å². The largest absolute Gasteiger partial charge is 0.369 e. The lowest BCUT2D eigenvalue weighted by Crippen LogP contribution is -2.42. The Morgan fingerprint density at radius 1 is 1.09 bits per heavy atom. The van der Waals surface area contributed by atoms with E-state index in [2.05, 4.69) is 41.1 Å². The number of amides is 1. The molecule has 33 heavy (non-hydrogen) atoms. The molecule has 0 radical (unpaired) electrons. The average Bonchev–Trinajstić information content (AvgIpc) is 2.75. The number of nitrogens with one attached hydrogen (secondary N) is 2. The third-order valence-corrected chi connectivity index (χ3v) is 7.20. The van der Waals surface area contributed by atoms with Crippen LogP contribution in [0.3, 0.4) is 0 Å². The molecule has 180 valence electrons. The van der Waals surface area contributed by atoms with Crippen molar-refractivity contribution < 1.29 is 4.79 Å². The van der Waals surface area contributed by atoms with Crippen molar-refractivity contribution in [3.63, 3.8) is 0 Å². The van der Waals surface area contributed by atoms with Crippen LogP contribution >= 0.6 is 11.6 Å². The maximum atomic E-state index is 13.1. The van der Waals surface area contributed by atoms with Crippen LogP contribution in [0.4, 0.5) is 5.69 Å². The van der Waals surface area contributed by atoms with Crippen LogP contribution in [-0.4, -0.2) is 48.5 Å². The molecule has 2 aromatic rings. The van der Waals surface area contributed by atoms with Crippen LogP contribution in [0.15, 0.2) is 23.0 Å². The van der Waals surface area contributed by atoms with Crippen molar-refractivity contribution in [2.24, 2.45) is 0 Å². The Bertz CT molecular complexity index is 1050. The Labute approximate surface area is 202 Å². The highest BCUT2D eigenvalue weighted by Crippen LogP contribution is 2.34. The molecule has 1 aliphatic carbocycles. The van der Waals surface area contributed by atoms with E-state index in [4.69, 9.17) is 11.6 Å². The van der Waals surface area contributed by atoms with Gasteiger partial charge in [0.25, 0.3) is 5.91 Å². The van der Waals surface area contributed by atoms with Gasteiger partial charge in [0.2, 0.25) is 0 Å². The van der Waals surface area contributed by atoms with Gasteiger partial charge in [-0.15, -0.1) is 0 Å². The molecule has 1 heterocycles. The molecule has 7 heteroatoms. The average molecular weight is 473 g/mol. The van der Waals surface area contributed by atoms with Crippen molar-refractivity contribution in [3.8, 4) is 0 Å². The van der Waals surface area contributed by atoms with Gasteiger partial charge in [-0.25, -0.2) is 0 Å². The van der Waals surface area contributed by atoms with Gasteiger partial charge < -0.3 is 20.1 Å². The van der Waals surface area contributed by atoms with Crippen LogP contribution in [0.2, 0.25) is 5.02 Å². The summed E-state index contributed by atoms with van der Waals surface area (Å²) >= 11 is 6.49. The third-order valence-electron chi connectivity index (χ3n) is 6.99. The zero-order chi connectivity index (χ0) is 24.3. The molecule has 0 bridgehead atoms. The van der Waals surface area contributed by atoms with Crippen LogP contribution < -0.4 is 15.6 Å². The predicted octanol–water partition coefficient (Wildman–Crippen LogP) is 4.58. The zero-order valence-electron chi connectivity index (χ0n) is 20.7. The second-order valence-electron chi connectivity index (χ2n) is 9.41. The normalized spacial score (nSPS) is 18.4. The molecule has 1 aromatic carbocycles. The van der Waals surface area contributed by atoms with Crippen molar-refractivity contribution in [3.05, 3.63) is 61.5 Å². The minimum atomic E-state index is -0.219. The molecule has 0 aliphatic heterocycles. The molecule has 3 rings (SSSR count). The number of nitrogens with zero attached hydrogens (tertiary/aromatic N) is 2. The summed E-state index contributed by atoms with van der Waals surface area (Å²) in [6.07, 6.45) is 4.59. The number of aryl methyl sites for hydroxylation is 2. The molecule has 1 aromatic heterocycles. The van der Waals surface area contributed by atoms with E-state index in [-0.39, 0.29) is 17.9 Å². The van der Waals surface area contributed by atoms with Gasteiger partial charge in [0.1, 0.15) is 0 Å². The molecule has 0 saturated heterocycles. The number of aromatic nitrogens is 1. The van der Waals surface area contributed by atoms with Crippen molar-refractivity contribution in [1.29, 1.82) is 0 Å². The number of carbonyl (C=O) groups is 1. The van der Waals surface area contributed by atoms with Crippen LogP contribution in [0, 0.1) is 20.8 Å². The molecule has 2 N–H and O–H groups in total. The summed E-state index contributed by atoms with van der Waals surface area (Å²) < 4.78 is 0. The first-order valence-electron chi connectivity index (χ1n) is 11.8. The van der Waals surface area contributed by atoms with Gasteiger partial charge in [-0.1, -0.05) is 11.6 Å². The standard InChI is InChI=1S/C26H37ClN4O2/c1-7-31(21-10-8-20(9-11-21)30(5)6)24-14-19(27)13-22(17(24)3)26(33)28-15-23-18(4)29-16(2)12-25(23)32/h12-14,20-21H,7-11,15H2,1-6H3,(H,28,33)(H,29,32). The summed E-state index contributed by atoms with van der Waals surface area (Å²) in [6, 6.07) is 6.33. The van der Waals surface area contributed by atoms with E-state index >= 15 is 0 Å². The van der Waals surface area contributed by atoms with Gasteiger partial charge in [-0.05, 0) is 85.2 Å². The predicted molar refractivity (Wildman–Crippen MR) is 137 cm³/mol. The smallest absolute Gasteiger partial charge is 0.251 e. The second-order valence-corrected chi connectivity index (χ2v) is 9.85. The van der Waals surface area contributed by atoms with E-state index in [9.17, 15) is 9.59 Å². The number of carbonyl (C=O) groups excluding carboxylic acids is 1. The van der Waals surface area contributed by atoms with E-state index in [0.717, 1.165) is 42.0 Å². The number of halogens is 1. The van der Waals surface area contributed by atoms with Gasteiger partial charge in [0.15, 0.2) is 5.43 Å². The lowest BCUT2D eigenvalue weighted by molar-refractivity contribution is 0.0950. The number of hydrogen-bond acceptors (Lipinski definition) is 4. The summed E-state index contributed by atoms with van der Waals surface area (Å²) in [7, 11) is 4.31. The number of hydrogen-bond donors (Lipinski definition) is 2. The van der Waals surface area contributed by atoms with Crippen molar-refractivity contribution >= 4 is 23.2 Å². The topological polar surface area (TPSA) is 68.4 Å².